The van der Waals surface area contributed by atoms with Crippen molar-refractivity contribution in [2.45, 2.75) is 11.3 Å². The molecule has 9 nitrogen and oxygen atoms in total. The Morgan fingerprint density at radius 2 is 2.17 bits per heavy atom. The van der Waals surface area contributed by atoms with Crippen LogP contribution in [0.3, 0.4) is 0 Å². The lowest BCUT2D eigenvalue weighted by Gasteiger charge is -2.16. The number of sulfonamides is 1. The summed E-state index contributed by atoms with van der Waals surface area (Å²) >= 11 is 0. The second-order valence-corrected chi connectivity index (χ2v) is 6.84. The first-order valence-electron chi connectivity index (χ1n) is 6.43. The number of nitro groups is 1. The summed E-state index contributed by atoms with van der Waals surface area (Å²) in [5, 5.41) is 19.9. The van der Waals surface area contributed by atoms with Crippen molar-refractivity contribution in [2.24, 2.45) is 5.92 Å². The lowest BCUT2D eigenvalue weighted by atomic mass is 10.1. The summed E-state index contributed by atoms with van der Waals surface area (Å²) in [4.78, 5) is 20.3. The molecule has 126 valence electrons. The van der Waals surface area contributed by atoms with E-state index in [1.54, 1.807) is 0 Å². The number of halogens is 1. The zero-order chi connectivity index (χ0) is 17.4. The Bertz CT molecular complexity index is 765. The van der Waals surface area contributed by atoms with Gasteiger partial charge in [0.1, 0.15) is 0 Å². The molecule has 11 heteroatoms. The highest BCUT2D eigenvalue weighted by Crippen LogP contribution is 2.34. The van der Waals surface area contributed by atoms with Crippen molar-refractivity contribution in [3.63, 3.8) is 0 Å². The van der Waals surface area contributed by atoms with Crippen molar-refractivity contribution in [1.29, 1.82) is 0 Å². The first kappa shape index (κ1) is 17.1. The zero-order valence-corrected chi connectivity index (χ0v) is 12.7. The second kappa shape index (κ2) is 6.08. The number of nitrogens with zero attached hydrogens (tertiary/aromatic N) is 2. The van der Waals surface area contributed by atoms with Gasteiger partial charge in [0.25, 0.3) is 0 Å². The summed E-state index contributed by atoms with van der Waals surface area (Å²) < 4.78 is 44.2. The number of carbonyl (C=O) groups is 1. The molecule has 1 aliphatic heterocycles. The van der Waals surface area contributed by atoms with Gasteiger partial charge in [0, 0.05) is 19.2 Å². The second-order valence-electron chi connectivity index (χ2n) is 4.90. The van der Waals surface area contributed by atoms with Gasteiger partial charge in [0.15, 0.2) is 5.82 Å². The number of carboxylic acid groups (broad SMARTS) is 1. The van der Waals surface area contributed by atoms with E-state index in [0.717, 1.165) is 11.4 Å². The molecular weight excluding hydrogens is 335 g/mol. The first-order chi connectivity index (χ1) is 10.7. The molecule has 0 saturated carbocycles. The van der Waals surface area contributed by atoms with Gasteiger partial charge in [-0.05, 0) is 12.5 Å². The summed E-state index contributed by atoms with van der Waals surface area (Å²) in [6.45, 7) is -0.320. The molecule has 0 radical (unpaired) electrons. The predicted octanol–water partition coefficient (Wildman–Crippen LogP) is 0.838. The van der Waals surface area contributed by atoms with Crippen LogP contribution in [0.4, 0.5) is 10.1 Å². The third kappa shape index (κ3) is 3.10. The van der Waals surface area contributed by atoms with Gasteiger partial charge in [-0.25, -0.2) is 12.8 Å². The predicted molar refractivity (Wildman–Crippen MR) is 74.1 cm³/mol. The smallest absolute Gasteiger partial charge is 0.315 e. The lowest BCUT2D eigenvalue weighted by molar-refractivity contribution is -0.386. The molecule has 0 aliphatic carbocycles. The van der Waals surface area contributed by atoms with Gasteiger partial charge >= 0.3 is 11.7 Å². The maximum absolute atomic E-state index is 13.9. The molecular formula is C12H13FN2O7S. The molecule has 1 aromatic rings. The van der Waals surface area contributed by atoms with Gasteiger partial charge in [-0.1, -0.05) is 0 Å². The van der Waals surface area contributed by atoms with E-state index in [-0.39, 0.29) is 19.5 Å². The van der Waals surface area contributed by atoms with Crippen molar-refractivity contribution in [1.82, 2.24) is 4.31 Å². The third-order valence-electron chi connectivity index (χ3n) is 3.54. The standard InChI is InChI=1S/C12H13FN2O7S/c1-22-11-9(13)4-8(5-10(11)15(18)19)23(20,21)14-3-2-7(6-14)12(16)17/h4-5,7H,2-3,6H2,1H3,(H,16,17). The molecule has 0 spiro atoms. The minimum Gasteiger partial charge on any atom is -0.488 e. The van der Waals surface area contributed by atoms with Crippen LogP contribution >= 0.6 is 0 Å². The van der Waals surface area contributed by atoms with E-state index in [0.29, 0.717) is 12.1 Å². The average Bonchev–Trinajstić information content (AvgIpc) is 2.96. The number of hydrogen-bond donors (Lipinski definition) is 1. The van der Waals surface area contributed by atoms with Crippen LogP contribution in [0.5, 0.6) is 5.75 Å². The highest BCUT2D eigenvalue weighted by molar-refractivity contribution is 7.89. The molecule has 0 aromatic heterocycles. The molecule has 1 heterocycles. The van der Waals surface area contributed by atoms with Crippen molar-refractivity contribution in [3.8, 4) is 5.75 Å². The maximum atomic E-state index is 13.9. The van der Waals surface area contributed by atoms with Crippen molar-refractivity contribution in [2.75, 3.05) is 20.2 Å². The number of benzene rings is 1. The molecule has 1 aliphatic rings. The molecule has 2 rings (SSSR count). The normalized spacial score (nSPS) is 18.8. The van der Waals surface area contributed by atoms with Crippen LogP contribution in [0, 0.1) is 21.8 Å². The molecule has 1 fully saturated rings. The topological polar surface area (TPSA) is 127 Å². The Balaban J connectivity index is 2.45. The van der Waals surface area contributed by atoms with Crippen LogP contribution < -0.4 is 4.74 Å². The van der Waals surface area contributed by atoms with Gasteiger partial charge in [-0.3, -0.25) is 14.9 Å². The molecule has 0 amide bonds. The van der Waals surface area contributed by atoms with Gasteiger partial charge < -0.3 is 9.84 Å². The van der Waals surface area contributed by atoms with Gasteiger partial charge in [-0.15, -0.1) is 0 Å². The Hall–Kier alpha value is -2.27. The number of ether oxygens (including phenoxy) is 1. The Labute approximate surface area is 130 Å². The molecule has 0 bridgehead atoms. The molecule has 1 aromatic carbocycles. The number of rotatable bonds is 5. The van der Waals surface area contributed by atoms with Crippen LogP contribution in [0.2, 0.25) is 0 Å². The van der Waals surface area contributed by atoms with E-state index in [1.165, 1.54) is 0 Å². The molecule has 1 saturated heterocycles. The fourth-order valence-electron chi connectivity index (χ4n) is 2.34. The fraction of sp³-hybridized carbons (Fsp3) is 0.417. The lowest BCUT2D eigenvalue weighted by Crippen LogP contribution is -2.30. The van der Waals surface area contributed by atoms with E-state index in [2.05, 4.69) is 4.74 Å². The molecule has 1 N–H and O–H groups in total. The number of hydrogen-bond acceptors (Lipinski definition) is 6. The largest absolute Gasteiger partial charge is 0.488 e. The average molecular weight is 348 g/mol. The fourth-order valence-corrected chi connectivity index (χ4v) is 3.87. The van der Waals surface area contributed by atoms with Crippen LogP contribution in [0.25, 0.3) is 0 Å². The maximum Gasteiger partial charge on any atom is 0.315 e. The first-order valence-corrected chi connectivity index (χ1v) is 7.87. The Morgan fingerprint density at radius 1 is 1.52 bits per heavy atom. The summed E-state index contributed by atoms with van der Waals surface area (Å²) in [6.07, 6.45) is 0.120. The van der Waals surface area contributed by atoms with Crippen molar-refractivity contribution >= 4 is 21.7 Å². The number of aliphatic carboxylic acids is 1. The van der Waals surface area contributed by atoms with Gasteiger partial charge in [-0.2, -0.15) is 4.31 Å². The van der Waals surface area contributed by atoms with E-state index in [1.807, 2.05) is 0 Å². The molecule has 1 atom stereocenters. The summed E-state index contributed by atoms with van der Waals surface area (Å²) in [7, 11) is -3.21. The Kier molecular flexibility index (Phi) is 4.52. The highest BCUT2D eigenvalue weighted by atomic mass is 32.2. The summed E-state index contributed by atoms with van der Waals surface area (Å²) in [6, 6.07) is 1.32. The van der Waals surface area contributed by atoms with Crippen LogP contribution in [-0.2, 0) is 14.8 Å². The SMILES string of the molecule is COc1c(F)cc(S(=O)(=O)N2CCC(C(=O)O)C2)cc1[N+](=O)[O-]. The van der Waals surface area contributed by atoms with E-state index >= 15 is 0 Å². The van der Waals surface area contributed by atoms with E-state index in [4.69, 9.17) is 5.11 Å². The monoisotopic (exact) mass is 348 g/mol. The molecule has 1 unspecified atom stereocenters. The number of nitro benzene ring substituents is 1. The number of carboxylic acids is 1. The van der Waals surface area contributed by atoms with E-state index < -0.39 is 49.0 Å². The minimum atomic E-state index is -4.24. The highest BCUT2D eigenvalue weighted by Gasteiger charge is 2.37. The van der Waals surface area contributed by atoms with Gasteiger partial charge in [0.05, 0.1) is 22.8 Å². The zero-order valence-electron chi connectivity index (χ0n) is 11.9. The van der Waals surface area contributed by atoms with Crippen molar-refractivity contribution in [3.05, 3.63) is 28.1 Å². The van der Waals surface area contributed by atoms with Crippen molar-refractivity contribution < 1.29 is 32.4 Å². The summed E-state index contributed by atoms with van der Waals surface area (Å²) in [5.41, 5.74) is -0.819. The Morgan fingerprint density at radius 3 is 2.65 bits per heavy atom. The van der Waals surface area contributed by atoms with Crippen LogP contribution in [0.15, 0.2) is 17.0 Å². The summed E-state index contributed by atoms with van der Waals surface area (Å²) in [5.74, 6) is -3.84. The number of methoxy groups -OCH3 is 1. The van der Waals surface area contributed by atoms with Gasteiger partial charge in [0.2, 0.25) is 15.8 Å². The quantitative estimate of drug-likeness (QED) is 0.617. The third-order valence-corrected chi connectivity index (χ3v) is 5.38. The van der Waals surface area contributed by atoms with E-state index in [9.17, 15) is 27.7 Å². The minimum absolute atomic E-state index is 0.0548. The molecule has 23 heavy (non-hydrogen) atoms. The van der Waals surface area contributed by atoms with Crippen LogP contribution in [-0.4, -0.2) is 48.9 Å². The van der Waals surface area contributed by atoms with Crippen LogP contribution in [0.1, 0.15) is 6.42 Å².